The van der Waals surface area contributed by atoms with Crippen LogP contribution in [-0.2, 0) is 9.59 Å². The molecule has 0 N–H and O–H groups in total. The molecular weight excluding hydrogens is 461 g/mol. The lowest BCUT2D eigenvalue weighted by molar-refractivity contribution is -0.387. The zero-order valence-electron chi connectivity index (χ0n) is 16.6. The molecule has 0 spiro atoms. The highest BCUT2D eigenvalue weighted by Gasteiger charge is 2.21. The molecular formula is C21H19Cl2N3O4S. The Kier molecular flexibility index (Phi) is 7.59. The molecule has 0 radical (unpaired) electrons. The lowest BCUT2D eigenvalue weighted by Crippen LogP contribution is -2.49. The van der Waals surface area contributed by atoms with E-state index in [1.165, 1.54) is 19.1 Å². The summed E-state index contributed by atoms with van der Waals surface area (Å²) in [6.45, 7) is 3.42. The minimum Gasteiger partial charge on any atom is -0.339 e. The lowest BCUT2D eigenvalue weighted by Gasteiger charge is -2.33. The Morgan fingerprint density at radius 1 is 1.06 bits per heavy atom. The van der Waals surface area contributed by atoms with E-state index in [2.05, 4.69) is 0 Å². The van der Waals surface area contributed by atoms with Crippen LogP contribution in [0.15, 0.2) is 52.3 Å². The largest absolute Gasteiger partial charge is 0.339 e. The molecule has 0 unspecified atom stereocenters. The molecule has 1 heterocycles. The Balaban J connectivity index is 1.73. The molecule has 0 aliphatic carbocycles. The highest BCUT2D eigenvalue weighted by molar-refractivity contribution is 7.99. The van der Waals surface area contributed by atoms with Gasteiger partial charge in [0.25, 0.3) is 5.69 Å². The fourth-order valence-electron chi connectivity index (χ4n) is 3.06. The number of piperazine rings is 1. The molecule has 1 aliphatic rings. The van der Waals surface area contributed by atoms with Crippen LogP contribution in [0.2, 0.25) is 10.0 Å². The predicted molar refractivity (Wildman–Crippen MR) is 122 cm³/mol. The first-order chi connectivity index (χ1) is 14.8. The van der Waals surface area contributed by atoms with Gasteiger partial charge in [0.1, 0.15) is 0 Å². The highest BCUT2D eigenvalue weighted by atomic mass is 35.5. The average molecular weight is 480 g/mol. The topological polar surface area (TPSA) is 83.8 Å². The Hall–Kier alpha value is -2.55. The second kappa shape index (κ2) is 10.2. The minimum atomic E-state index is -0.471. The van der Waals surface area contributed by atoms with E-state index in [1.54, 1.807) is 46.2 Å². The summed E-state index contributed by atoms with van der Waals surface area (Å²) in [7, 11) is 0. The quantitative estimate of drug-likeness (QED) is 0.350. The first-order valence-electron chi connectivity index (χ1n) is 9.39. The van der Waals surface area contributed by atoms with Gasteiger partial charge >= 0.3 is 0 Å². The number of amides is 2. The number of hydrogen-bond acceptors (Lipinski definition) is 5. The smallest absolute Gasteiger partial charge is 0.283 e. The van der Waals surface area contributed by atoms with E-state index in [1.807, 2.05) is 0 Å². The predicted octanol–water partition coefficient (Wildman–Crippen LogP) is 4.76. The van der Waals surface area contributed by atoms with Crippen molar-refractivity contribution in [3.63, 3.8) is 0 Å². The summed E-state index contributed by atoms with van der Waals surface area (Å²) in [5.41, 5.74) is 0.440. The van der Waals surface area contributed by atoms with Crippen molar-refractivity contribution in [3.05, 3.63) is 68.2 Å². The maximum atomic E-state index is 12.4. The van der Waals surface area contributed by atoms with Gasteiger partial charge < -0.3 is 9.80 Å². The van der Waals surface area contributed by atoms with E-state index >= 15 is 0 Å². The minimum absolute atomic E-state index is 0.00743. The van der Waals surface area contributed by atoms with Gasteiger partial charge in [0, 0.05) is 50.1 Å². The third-order valence-electron chi connectivity index (χ3n) is 4.77. The van der Waals surface area contributed by atoms with Gasteiger partial charge in [0.15, 0.2) is 0 Å². The molecule has 0 atom stereocenters. The van der Waals surface area contributed by atoms with Crippen molar-refractivity contribution in [1.29, 1.82) is 0 Å². The maximum Gasteiger partial charge on any atom is 0.283 e. The SMILES string of the molecule is CC(=O)N1CCN(C(=O)C=Cc2ccc(Sc3cccc(Cl)c3Cl)c([N+](=O)[O-])c2)CC1. The molecule has 31 heavy (non-hydrogen) atoms. The monoisotopic (exact) mass is 479 g/mol. The normalized spacial score (nSPS) is 14.2. The molecule has 2 aromatic carbocycles. The summed E-state index contributed by atoms with van der Waals surface area (Å²) >= 11 is 13.4. The molecule has 2 amide bonds. The standard InChI is InChI=1S/C21H19Cl2N3O4S/c1-14(27)24-9-11-25(12-10-24)20(28)8-6-15-5-7-18(17(13-15)26(29)30)31-19-4-2-3-16(22)21(19)23/h2-8,13H,9-12H2,1H3. The molecule has 1 saturated heterocycles. The maximum absolute atomic E-state index is 12.4. The van der Waals surface area contributed by atoms with E-state index < -0.39 is 4.92 Å². The molecule has 162 valence electrons. The summed E-state index contributed by atoms with van der Waals surface area (Å²) in [5, 5.41) is 12.3. The van der Waals surface area contributed by atoms with Crippen molar-refractivity contribution >= 4 is 58.5 Å². The molecule has 1 aliphatic heterocycles. The third kappa shape index (κ3) is 5.78. The van der Waals surface area contributed by atoms with Crippen molar-refractivity contribution < 1.29 is 14.5 Å². The number of carbonyl (C=O) groups is 2. The molecule has 0 aromatic heterocycles. The van der Waals surface area contributed by atoms with E-state index in [-0.39, 0.29) is 17.5 Å². The van der Waals surface area contributed by atoms with Crippen molar-refractivity contribution in [3.8, 4) is 0 Å². The number of carbonyl (C=O) groups excluding carboxylic acids is 2. The van der Waals surface area contributed by atoms with Crippen LogP contribution in [-0.4, -0.2) is 52.7 Å². The molecule has 10 heteroatoms. The molecule has 3 rings (SSSR count). The van der Waals surface area contributed by atoms with Crippen LogP contribution in [0.4, 0.5) is 5.69 Å². The van der Waals surface area contributed by atoms with Gasteiger partial charge in [-0.3, -0.25) is 19.7 Å². The van der Waals surface area contributed by atoms with Gasteiger partial charge in [-0.2, -0.15) is 0 Å². The molecule has 0 bridgehead atoms. The summed E-state index contributed by atoms with van der Waals surface area (Å²) in [6.07, 6.45) is 2.94. The van der Waals surface area contributed by atoms with Gasteiger partial charge in [-0.15, -0.1) is 0 Å². The number of nitrogens with zero attached hydrogens (tertiary/aromatic N) is 3. The second-order valence-corrected chi connectivity index (χ2v) is 8.67. The second-order valence-electron chi connectivity index (χ2n) is 6.80. The third-order valence-corrected chi connectivity index (χ3v) is 6.83. The number of benzene rings is 2. The van der Waals surface area contributed by atoms with Crippen molar-refractivity contribution in [1.82, 2.24) is 9.80 Å². The number of hydrogen-bond donors (Lipinski definition) is 0. The van der Waals surface area contributed by atoms with Gasteiger partial charge in [-0.25, -0.2) is 0 Å². The zero-order valence-corrected chi connectivity index (χ0v) is 18.9. The number of rotatable bonds is 5. The van der Waals surface area contributed by atoms with Crippen LogP contribution in [0.5, 0.6) is 0 Å². The number of nitro benzene ring substituents is 1. The van der Waals surface area contributed by atoms with Gasteiger partial charge in [0.05, 0.1) is 19.9 Å². The van der Waals surface area contributed by atoms with E-state index in [4.69, 9.17) is 23.2 Å². The Morgan fingerprint density at radius 3 is 2.39 bits per heavy atom. The Morgan fingerprint density at radius 2 is 1.74 bits per heavy atom. The van der Waals surface area contributed by atoms with E-state index in [0.717, 1.165) is 11.8 Å². The zero-order chi connectivity index (χ0) is 22.5. The summed E-state index contributed by atoms with van der Waals surface area (Å²) in [5.74, 6) is -0.206. The van der Waals surface area contributed by atoms with E-state index in [9.17, 15) is 19.7 Å². The van der Waals surface area contributed by atoms with Crippen LogP contribution >= 0.6 is 35.0 Å². The highest BCUT2D eigenvalue weighted by Crippen LogP contribution is 2.40. The average Bonchev–Trinajstić information content (AvgIpc) is 2.75. The summed E-state index contributed by atoms with van der Waals surface area (Å²) in [6, 6.07) is 9.84. The fourth-order valence-corrected chi connectivity index (χ4v) is 4.49. The van der Waals surface area contributed by atoms with E-state index in [0.29, 0.717) is 51.6 Å². The Labute approximate surface area is 193 Å². The van der Waals surface area contributed by atoms with Crippen LogP contribution in [0, 0.1) is 10.1 Å². The van der Waals surface area contributed by atoms with Crippen molar-refractivity contribution in [2.45, 2.75) is 16.7 Å². The molecule has 0 saturated carbocycles. The first kappa shape index (κ1) is 23.1. The van der Waals surface area contributed by atoms with Crippen LogP contribution in [0.1, 0.15) is 12.5 Å². The number of nitro groups is 1. The summed E-state index contributed by atoms with van der Waals surface area (Å²) in [4.78, 5) is 39.3. The molecule has 1 fully saturated rings. The Bertz CT molecular complexity index is 1050. The van der Waals surface area contributed by atoms with Crippen LogP contribution < -0.4 is 0 Å². The lowest BCUT2D eigenvalue weighted by atomic mass is 10.2. The van der Waals surface area contributed by atoms with Gasteiger partial charge in [-0.05, 0) is 29.8 Å². The fraction of sp³-hybridized carbons (Fsp3) is 0.238. The first-order valence-corrected chi connectivity index (χ1v) is 11.0. The summed E-state index contributed by atoms with van der Waals surface area (Å²) < 4.78 is 0. The molecule has 7 nitrogen and oxygen atoms in total. The number of halogens is 2. The molecule has 2 aromatic rings. The van der Waals surface area contributed by atoms with Gasteiger partial charge in [-0.1, -0.05) is 47.1 Å². The van der Waals surface area contributed by atoms with Crippen LogP contribution in [0.25, 0.3) is 6.08 Å². The van der Waals surface area contributed by atoms with Crippen molar-refractivity contribution in [2.75, 3.05) is 26.2 Å². The van der Waals surface area contributed by atoms with Gasteiger partial charge in [0.2, 0.25) is 11.8 Å². The van der Waals surface area contributed by atoms with Crippen LogP contribution in [0.3, 0.4) is 0 Å². The van der Waals surface area contributed by atoms with Crippen molar-refractivity contribution in [2.24, 2.45) is 0 Å².